The summed E-state index contributed by atoms with van der Waals surface area (Å²) in [4.78, 5) is 18.0. The lowest BCUT2D eigenvalue weighted by molar-refractivity contribution is 0.462. The Balaban J connectivity index is 2.14. The smallest absolute Gasteiger partial charge is 0.268 e. The molecule has 0 aliphatic carbocycles. The largest absolute Gasteiger partial charge is 0.437 e. The molecule has 0 saturated carbocycles. The third kappa shape index (κ3) is 2.30. The van der Waals surface area contributed by atoms with E-state index in [-0.39, 0.29) is 15.9 Å². The molecule has 1 aromatic heterocycles. The van der Waals surface area contributed by atoms with Gasteiger partial charge in [0.15, 0.2) is 0 Å². The van der Waals surface area contributed by atoms with Crippen molar-refractivity contribution in [2.75, 3.05) is 0 Å². The summed E-state index contributed by atoms with van der Waals surface area (Å²) in [6.45, 7) is 0. The van der Waals surface area contributed by atoms with Crippen molar-refractivity contribution in [1.29, 1.82) is 0 Å². The number of rotatable bonds is 2. The fourth-order valence-electron chi connectivity index (χ4n) is 1.87. The predicted octanol–water partition coefficient (Wildman–Crippen LogP) is 4.13. The van der Waals surface area contributed by atoms with Gasteiger partial charge in [-0.2, -0.15) is 0 Å². The SMILES string of the molecule is O=c1[nH]cnc(Oc2ccc(Cl)c3ccccc23)c1Br. The van der Waals surface area contributed by atoms with E-state index in [0.29, 0.717) is 10.8 Å². The molecule has 0 aliphatic rings. The lowest BCUT2D eigenvalue weighted by atomic mass is 10.1. The van der Waals surface area contributed by atoms with E-state index < -0.39 is 0 Å². The first-order valence-corrected chi connectivity index (χ1v) is 6.92. The van der Waals surface area contributed by atoms with Crippen LogP contribution in [0, 0.1) is 0 Å². The number of aromatic amines is 1. The van der Waals surface area contributed by atoms with E-state index in [1.54, 1.807) is 12.1 Å². The van der Waals surface area contributed by atoms with Gasteiger partial charge in [0.1, 0.15) is 10.2 Å². The maximum atomic E-state index is 11.5. The average molecular weight is 352 g/mol. The Kier molecular flexibility index (Phi) is 3.46. The number of ether oxygens (including phenoxy) is 1. The van der Waals surface area contributed by atoms with Crippen LogP contribution in [0.5, 0.6) is 11.6 Å². The molecule has 0 aliphatic heterocycles. The molecule has 1 N–H and O–H groups in total. The van der Waals surface area contributed by atoms with Crippen LogP contribution in [0.2, 0.25) is 5.02 Å². The molecule has 0 bridgehead atoms. The molecule has 3 aromatic rings. The van der Waals surface area contributed by atoms with E-state index in [2.05, 4.69) is 25.9 Å². The topological polar surface area (TPSA) is 55.0 Å². The van der Waals surface area contributed by atoms with Crippen molar-refractivity contribution in [1.82, 2.24) is 9.97 Å². The molecular formula is C14H8BrClN2O2. The predicted molar refractivity (Wildman–Crippen MR) is 81.6 cm³/mol. The highest BCUT2D eigenvalue weighted by molar-refractivity contribution is 9.10. The zero-order valence-corrected chi connectivity index (χ0v) is 12.4. The molecule has 0 atom stereocenters. The third-order valence-electron chi connectivity index (χ3n) is 2.80. The Labute approximate surface area is 127 Å². The first-order chi connectivity index (χ1) is 9.66. The Hall–Kier alpha value is -1.85. The van der Waals surface area contributed by atoms with Gasteiger partial charge in [-0.3, -0.25) is 4.79 Å². The van der Waals surface area contributed by atoms with Crippen molar-refractivity contribution in [2.24, 2.45) is 0 Å². The third-order valence-corrected chi connectivity index (χ3v) is 3.83. The van der Waals surface area contributed by atoms with Gasteiger partial charge in [-0.05, 0) is 28.1 Å². The van der Waals surface area contributed by atoms with Crippen molar-refractivity contribution in [3.63, 3.8) is 0 Å². The number of H-pyrrole nitrogens is 1. The molecule has 2 aromatic carbocycles. The highest BCUT2D eigenvalue weighted by Gasteiger charge is 2.11. The number of nitrogens with zero attached hydrogens (tertiary/aromatic N) is 1. The van der Waals surface area contributed by atoms with E-state index in [9.17, 15) is 4.79 Å². The van der Waals surface area contributed by atoms with Gasteiger partial charge >= 0.3 is 0 Å². The summed E-state index contributed by atoms with van der Waals surface area (Å²) in [6.07, 6.45) is 1.29. The summed E-state index contributed by atoms with van der Waals surface area (Å²) in [5.41, 5.74) is -0.298. The van der Waals surface area contributed by atoms with Crippen LogP contribution in [0.1, 0.15) is 0 Å². The highest BCUT2D eigenvalue weighted by Crippen LogP contribution is 2.34. The Morgan fingerprint density at radius 3 is 2.70 bits per heavy atom. The number of nitrogens with one attached hydrogen (secondary N) is 1. The molecule has 0 spiro atoms. The van der Waals surface area contributed by atoms with E-state index in [1.165, 1.54) is 6.33 Å². The van der Waals surface area contributed by atoms with Crippen LogP contribution < -0.4 is 10.3 Å². The minimum Gasteiger partial charge on any atom is -0.437 e. The standard InChI is InChI=1S/C14H8BrClN2O2/c15-12-13(19)17-7-18-14(12)20-11-6-5-10(16)8-3-1-2-4-9(8)11/h1-7H,(H,17,18,19). The quantitative estimate of drug-likeness (QED) is 0.755. The molecule has 100 valence electrons. The number of aromatic nitrogens is 2. The monoisotopic (exact) mass is 350 g/mol. The number of hydrogen-bond acceptors (Lipinski definition) is 3. The van der Waals surface area contributed by atoms with Gasteiger partial charge in [0, 0.05) is 15.8 Å². The van der Waals surface area contributed by atoms with Gasteiger partial charge in [-0.1, -0.05) is 35.9 Å². The molecular weight excluding hydrogens is 344 g/mol. The van der Waals surface area contributed by atoms with Crippen molar-refractivity contribution in [2.45, 2.75) is 0 Å². The molecule has 1 heterocycles. The van der Waals surface area contributed by atoms with Gasteiger partial charge in [-0.15, -0.1) is 0 Å². The minimum atomic E-state index is -0.298. The normalized spacial score (nSPS) is 10.7. The number of fused-ring (bicyclic) bond motifs is 1. The summed E-state index contributed by atoms with van der Waals surface area (Å²) in [6, 6.07) is 11.1. The first kappa shape index (κ1) is 13.1. The fraction of sp³-hybridized carbons (Fsp3) is 0. The van der Waals surface area contributed by atoms with Crippen LogP contribution in [0.4, 0.5) is 0 Å². The average Bonchev–Trinajstić information content (AvgIpc) is 2.47. The molecule has 4 nitrogen and oxygen atoms in total. The first-order valence-electron chi connectivity index (χ1n) is 5.75. The van der Waals surface area contributed by atoms with Crippen LogP contribution >= 0.6 is 27.5 Å². The zero-order chi connectivity index (χ0) is 14.1. The van der Waals surface area contributed by atoms with Gasteiger partial charge < -0.3 is 9.72 Å². The van der Waals surface area contributed by atoms with Crippen molar-refractivity contribution in [3.05, 3.63) is 62.6 Å². The minimum absolute atomic E-state index is 0.209. The molecule has 0 amide bonds. The maximum Gasteiger partial charge on any atom is 0.268 e. The summed E-state index contributed by atoms with van der Waals surface area (Å²) in [5, 5.41) is 2.38. The summed E-state index contributed by atoms with van der Waals surface area (Å²) < 4.78 is 5.97. The molecule has 0 fully saturated rings. The van der Waals surface area contributed by atoms with Crippen LogP contribution in [0.3, 0.4) is 0 Å². The molecule has 0 saturated heterocycles. The molecule has 20 heavy (non-hydrogen) atoms. The van der Waals surface area contributed by atoms with Crippen LogP contribution in [-0.2, 0) is 0 Å². The highest BCUT2D eigenvalue weighted by atomic mass is 79.9. The molecule has 0 radical (unpaired) electrons. The van der Waals surface area contributed by atoms with Crippen molar-refractivity contribution in [3.8, 4) is 11.6 Å². The van der Waals surface area contributed by atoms with Crippen molar-refractivity contribution >= 4 is 38.3 Å². The van der Waals surface area contributed by atoms with E-state index in [1.807, 2.05) is 24.3 Å². The summed E-state index contributed by atoms with van der Waals surface area (Å²) in [5.74, 6) is 0.796. The number of hydrogen-bond donors (Lipinski definition) is 1. The summed E-state index contributed by atoms with van der Waals surface area (Å²) in [7, 11) is 0. The van der Waals surface area contributed by atoms with Gasteiger partial charge in [0.25, 0.3) is 5.56 Å². The van der Waals surface area contributed by atoms with Crippen LogP contribution in [-0.4, -0.2) is 9.97 Å². The maximum absolute atomic E-state index is 11.5. The number of benzene rings is 2. The Bertz CT molecular complexity index is 848. The van der Waals surface area contributed by atoms with E-state index >= 15 is 0 Å². The second-order valence-corrected chi connectivity index (χ2v) is 5.24. The second-order valence-electron chi connectivity index (χ2n) is 4.04. The molecule has 0 unspecified atom stereocenters. The lowest BCUT2D eigenvalue weighted by Gasteiger charge is -2.09. The fourth-order valence-corrected chi connectivity index (χ4v) is 2.39. The Morgan fingerprint density at radius 1 is 1.15 bits per heavy atom. The molecule has 3 rings (SSSR count). The van der Waals surface area contributed by atoms with E-state index in [4.69, 9.17) is 16.3 Å². The number of halogens is 2. The summed E-state index contributed by atoms with van der Waals surface area (Å²) >= 11 is 9.31. The van der Waals surface area contributed by atoms with Gasteiger partial charge in [-0.25, -0.2) is 4.98 Å². The van der Waals surface area contributed by atoms with Gasteiger partial charge in [0.2, 0.25) is 5.88 Å². The van der Waals surface area contributed by atoms with Crippen LogP contribution in [0.15, 0.2) is 52.0 Å². The zero-order valence-electron chi connectivity index (χ0n) is 10.1. The van der Waals surface area contributed by atoms with Gasteiger partial charge in [0.05, 0.1) is 6.33 Å². The second kappa shape index (κ2) is 5.26. The van der Waals surface area contributed by atoms with Crippen molar-refractivity contribution < 1.29 is 4.74 Å². The molecule has 6 heteroatoms. The van der Waals surface area contributed by atoms with Crippen LogP contribution in [0.25, 0.3) is 10.8 Å². The lowest BCUT2D eigenvalue weighted by Crippen LogP contribution is -2.08. The Morgan fingerprint density at radius 2 is 1.90 bits per heavy atom. The van der Waals surface area contributed by atoms with E-state index in [0.717, 1.165) is 10.8 Å².